The average Bonchev–Trinajstić information content (AvgIpc) is 3.07. The number of hydrogen-bond donors (Lipinski definition) is 3. The molecule has 3 N–H and O–H groups in total. The fraction of sp³-hybridized carbons (Fsp3) is 0.862. The molecule has 0 unspecified atom stereocenters. The third-order valence-corrected chi connectivity index (χ3v) is 11.0. The molecule has 0 aromatic carbocycles. The summed E-state index contributed by atoms with van der Waals surface area (Å²) < 4.78 is 0. The van der Waals surface area contributed by atoms with Gasteiger partial charge in [-0.1, -0.05) is 65.3 Å². The predicted molar refractivity (Wildman–Crippen MR) is 131 cm³/mol. The van der Waals surface area contributed by atoms with Crippen molar-refractivity contribution in [1.82, 2.24) is 0 Å². The first-order valence-electron chi connectivity index (χ1n) is 13.4. The third kappa shape index (κ3) is 3.66. The van der Waals surface area contributed by atoms with Gasteiger partial charge in [-0.15, -0.1) is 0 Å². The lowest BCUT2D eigenvalue weighted by atomic mass is 9.45. The second kappa shape index (κ2) is 8.54. The molecule has 4 aliphatic rings. The topological polar surface area (TPSA) is 60.7 Å². The van der Waals surface area contributed by atoms with Crippen LogP contribution in [0, 0.1) is 46.3 Å². The van der Waals surface area contributed by atoms with Gasteiger partial charge in [0.15, 0.2) is 0 Å². The van der Waals surface area contributed by atoms with Crippen LogP contribution in [-0.4, -0.2) is 33.1 Å². The summed E-state index contributed by atoms with van der Waals surface area (Å²) in [7, 11) is 0. The van der Waals surface area contributed by atoms with E-state index in [-0.39, 0.29) is 10.8 Å². The van der Waals surface area contributed by atoms with Crippen molar-refractivity contribution in [2.75, 3.05) is 0 Å². The van der Waals surface area contributed by atoms with Gasteiger partial charge in [0.2, 0.25) is 0 Å². The molecular formula is C29H48O3. The van der Waals surface area contributed by atoms with Gasteiger partial charge in [0, 0.05) is 11.8 Å². The van der Waals surface area contributed by atoms with Crippen LogP contribution < -0.4 is 0 Å². The first-order valence-corrected chi connectivity index (χ1v) is 13.4. The van der Waals surface area contributed by atoms with Crippen molar-refractivity contribution in [2.45, 2.75) is 111 Å². The van der Waals surface area contributed by atoms with Crippen LogP contribution in [0.3, 0.4) is 0 Å². The average molecular weight is 445 g/mol. The van der Waals surface area contributed by atoms with Crippen LogP contribution in [0.1, 0.15) is 92.9 Å². The summed E-state index contributed by atoms with van der Waals surface area (Å²) in [5.74, 6) is 3.55. The molecule has 0 heterocycles. The Morgan fingerprint density at radius 3 is 2.41 bits per heavy atom. The fourth-order valence-corrected chi connectivity index (χ4v) is 8.36. The number of fused-ring (bicyclic) bond motifs is 5. The molecule has 3 heteroatoms. The molecule has 32 heavy (non-hydrogen) atoms. The molecule has 0 aliphatic heterocycles. The van der Waals surface area contributed by atoms with Gasteiger partial charge < -0.3 is 15.3 Å². The smallest absolute Gasteiger partial charge is 0.102 e. The lowest BCUT2D eigenvalue weighted by Crippen LogP contribution is -2.65. The molecule has 3 nitrogen and oxygen atoms in total. The van der Waals surface area contributed by atoms with E-state index >= 15 is 0 Å². The van der Waals surface area contributed by atoms with E-state index in [1.54, 1.807) is 0 Å². The van der Waals surface area contributed by atoms with Gasteiger partial charge in [0.1, 0.15) is 11.7 Å². The Kier molecular flexibility index (Phi) is 6.53. The van der Waals surface area contributed by atoms with Gasteiger partial charge in [-0.3, -0.25) is 0 Å². The molecule has 10 atom stereocenters. The maximum atomic E-state index is 11.6. The Bertz CT molecular complexity index is 756. The summed E-state index contributed by atoms with van der Waals surface area (Å²) in [5.41, 5.74) is 0.165. The second-order valence-corrected chi connectivity index (χ2v) is 12.9. The first kappa shape index (κ1) is 24.5. The van der Waals surface area contributed by atoms with Gasteiger partial charge in [-0.25, -0.2) is 0 Å². The van der Waals surface area contributed by atoms with Crippen LogP contribution in [0.5, 0.6) is 0 Å². The van der Waals surface area contributed by atoms with Crippen molar-refractivity contribution < 1.29 is 15.3 Å². The lowest BCUT2D eigenvalue weighted by Gasteiger charge is -2.62. The minimum atomic E-state index is -1.20. The van der Waals surface area contributed by atoms with E-state index in [1.165, 1.54) is 24.8 Å². The molecule has 4 rings (SSSR count). The SMILES string of the molecule is CC(C)[C@H](C)C/C=C/[C@@H](C)[C@H]1CC[C@H]2C3=C[C@@H](O)[C@@]4(O)C[C@@H](O)CC[C@]4(C)[C@H]3CC[C@]12C. The van der Waals surface area contributed by atoms with E-state index in [4.69, 9.17) is 0 Å². The molecular weight excluding hydrogens is 396 g/mol. The normalized spacial score (nSPS) is 48.2. The van der Waals surface area contributed by atoms with E-state index < -0.39 is 17.8 Å². The van der Waals surface area contributed by atoms with Crippen molar-refractivity contribution in [3.8, 4) is 0 Å². The molecule has 3 fully saturated rings. The summed E-state index contributed by atoms with van der Waals surface area (Å²) in [4.78, 5) is 0. The van der Waals surface area contributed by atoms with Crippen molar-refractivity contribution in [3.63, 3.8) is 0 Å². The van der Waals surface area contributed by atoms with Crippen LogP contribution in [0.25, 0.3) is 0 Å². The van der Waals surface area contributed by atoms with Gasteiger partial charge in [-0.2, -0.15) is 0 Å². The molecule has 0 spiro atoms. The largest absolute Gasteiger partial charge is 0.393 e. The summed E-state index contributed by atoms with van der Waals surface area (Å²) in [6.07, 6.45) is 13.3. The standard InChI is InChI=1S/C29H48O3/c1-18(2)19(3)8-7-9-20(4)23-10-11-24-22-16-26(31)29(32)17-21(30)12-15-28(29,6)25(22)13-14-27(23,24)5/h7,9,16,18-21,23-26,30-32H,8,10-15,17H2,1-6H3/b9-7+/t19-,20-,21+,23-,24+,25+,26-,27-,28-,29+/m1/s1. The number of rotatable bonds is 5. The quantitative estimate of drug-likeness (QED) is 0.464. The highest BCUT2D eigenvalue weighted by atomic mass is 16.3. The van der Waals surface area contributed by atoms with Gasteiger partial charge in [-0.05, 0) is 85.9 Å². The van der Waals surface area contributed by atoms with Crippen molar-refractivity contribution in [2.24, 2.45) is 46.3 Å². The van der Waals surface area contributed by atoms with E-state index in [9.17, 15) is 15.3 Å². The minimum absolute atomic E-state index is 0.273. The Labute approximate surface area is 196 Å². The zero-order valence-electron chi connectivity index (χ0n) is 21.3. The van der Waals surface area contributed by atoms with Crippen LogP contribution in [0.2, 0.25) is 0 Å². The highest BCUT2D eigenvalue weighted by molar-refractivity contribution is 5.33. The fourth-order valence-electron chi connectivity index (χ4n) is 8.36. The first-order chi connectivity index (χ1) is 14.9. The summed E-state index contributed by atoms with van der Waals surface area (Å²) >= 11 is 0. The molecule has 0 radical (unpaired) electrons. The maximum absolute atomic E-state index is 11.6. The maximum Gasteiger partial charge on any atom is 0.102 e. The van der Waals surface area contributed by atoms with E-state index in [1.807, 2.05) is 6.08 Å². The Balaban J connectivity index is 1.56. The Morgan fingerprint density at radius 1 is 1.00 bits per heavy atom. The zero-order chi connectivity index (χ0) is 23.5. The molecule has 4 aliphatic carbocycles. The summed E-state index contributed by atoms with van der Waals surface area (Å²) in [6.45, 7) is 14.1. The summed E-state index contributed by atoms with van der Waals surface area (Å²) in [5, 5.41) is 33.0. The van der Waals surface area contributed by atoms with Crippen LogP contribution in [0.4, 0.5) is 0 Å². The monoisotopic (exact) mass is 444 g/mol. The van der Waals surface area contributed by atoms with Crippen LogP contribution >= 0.6 is 0 Å². The molecule has 0 saturated heterocycles. The summed E-state index contributed by atoms with van der Waals surface area (Å²) in [6, 6.07) is 0. The van der Waals surface area contributed by atoms with E-state index in [0.29, 0.717) is 30.1 Å². The van der Waals surface area contributed by atoms with Crippen LogP contribution in [0.15, 0.2) is 23.8 Å². The molecule has 0 amide bonds. The lowest BCUT2D eigenvalue weighted by molar-refractivity contribution is -0.210. The molecule has 3 saturated carbocycles. The molecule has 0 bridgehead atoms. The number of aliphatic hydroxyl groups excluding tert-OH is 2. The highest BCUT2D eigenvalue weighted by Crippen LogP contribution is 2.67. The van der Waals surface area contributed by atoms with Crippen molar-refractivity contribution >= 4 is 0 Å². The molecule has 0 aromatic heterocycles. The van der Waals surface area contributed by atoms with Gasteiger partial charge >= 0.3 is 0 Å². The predicted octanol–water partition coefficient (Wildman–Crippen LogP) is 5.89. The van der Waals surface area contributed by atoms with E-state index in [0.717, 1.165) is 37.5 Å². The highest BCUT2D eigenvalue weighted by Gasteiger charge is 2.64. The van der Waals surface area contributed by atoms with E-state index in [2.05, 4.69) is 53.7 Å². The van der Waals surface area contributed by atoms with Crippen molar-refractivity contribution in [1.29, 1.82) is 0 Å². The van der Waals surface area contributed by atoms with Crippen LogP contribution in [-0.2, 0) is 0 Å². The second-order valence-electron chi connectivity index (χ2n) is 12.9. The number of hydrogen-bond acceptors (Lipinski definition) is 3. The number of allylic oxidation sites excluding steroid dienone is 3. The van der Waals surface area contributed by atoms with Crippen molar-refractivity contribution in [3.05, 3.63) is 23.8 Å². The van der Waals surface area contributed by atoms with Gasteiger partial charge in [0.25, 0.3) is 0 Å². The Hall–Kier alpha value is -0.640. The minimum Gasteiger partial charge on any atom is -0.393 e. The Morgan fingerprint density at radius 2 is 1.72 bits per heavy atom. The molecule has 0 aromatic rings. The number of aliphatic hydroxyl groups is 3. The van der Waals surface area contributed by atoms with Gasteiger partial charge in [0.05, 0.1) is 6.10 Å². The molecule has 182 valence electrons. The zero-order valence-corrected chi connectivity index (χ0v) is 21.3. The third-order valence-electron chi connectivity index (χ3n) is 11.0.